The van der Waals surface area contributed by atoms with Crippen LogP contribution in [0.1, 0.15) is 27.0 Å². The summed E-state index contributed by atoms with van der Waals surface area (Å²) in [6.07, 6.45) is -4.78. The predicted octanol–water partition coefficient (Wildman–Crippen LogP) is 0.229. The van der Waals surface area contributed by atoms with Crippen molar-refractivity contribution in [2.24, 2.45) is 0 Å². The van der Waals surface area contributed by atoms with Crippen LogP contribution in [-0.2, 0) is 28.6 Å². The smallest absolute Gasteiger partial charge is 0.351 e. The molecule has 0 bridgehead atoms. The number of hydrogen-bond donors (Lipinski definition) is 1. The highest BCUT2D eigenvalue weighted by molar-refractivity contribution is 5.87. The van der Waals surface area contributed by atoms with E-state index in [1.54, 1.807) is 0 Å². The summed E-state index contributed by atoms with van der Waals surface area (Å²) in [4.78, 5) is 48.7. The normalized spacial score (nSPS) is 23.5. The number of alkyl halides is 2. The zero-order chi connectivity index (χ0) is 20.4. The standard InChI is InChI=1S/C15H17F2N3O7/c1-7(21)18-11-4-5-20(14(24)19-11)13-15(16,17)12(26-9(3)23)10(27-13)6-25-8(2)22/h4-5,10,12-13H,6H2,1-3H3,(H,18,19,21,24)/t10-,12+,13-/m1/s1. The van der Waals surface area contributed by atoms with E-state index in [0.29, 0.717) is 4.57 Å². The van der Waals surface area contributed by atoms with Crippen LogP contribution in [0, 0.1) is 0 Å². The fourth-order valence-electron chi connectivity index (χ4n) is 2.47. The van der Waals surface area contributed by atoms with Gasteiger partial charge in [-0.2, -0.15) is 13.8 Å². The Hall–Kier alpha value is -2.89. The second kappa shape index (κ2) is 7.78. The molecule has 2 heterocycles. The van der Waals surface area contributed by atoms with Gasteiger partial charge >= 0.3 is 23.6 Å². The molecule has 0 aliphatic carbocycles. The third kappa shape index (κ3) is 4.64. The fraction of sp³-hybridized carbons (Fsp3) is 0.533. The lowest BCUT2D eigenvalue weighted by Gasteiger charge is -2.23. The summed E-state index contributed by atoms with van der Waals surface area (Å²) >= 11 is 0. The molecule has 0 spiro atoms. The van der Waals surface area contributed by atoms with Crippen molar-refractivity contribution >= 4 is 23.7 Å². The zero-order valence-electron chi connectivity index (χ0n) is 14.6. The molecule has 1 aliphatic heterocycles. The molecule has 3 atom stereocenters. The van der Waals surface area contributed by atoms with Gasteiger partial charge in [0.15, 0.2) is 6.10 Å². The van der Waals surface area contributed by atoms with Crippen LogP contribution in [0.15, 0.2) is 17.1 Å². The summed E-state index contributed by atoms with van der Waals surface area (Å²) in [7, 11) is 0. The van der Waals surface area contributed by atoms with E-state index in [0.717, 1.165) is 26.1 Å². The molecule has 1 aromatic rings. The molecule has 1 saturated heterocycles. The summed E-state index contributed by atoms with van der Waals surface area (Å²) in [5.74, 6) is -6.19. The van der Waals surface area contributed by atoms with Gasteiger partial charge in [-0.05, 0) is 6.07 Å². The van der Waals surface area contributed by atoms with Gasteiger partial charge in [0.2, 0.25) is 12.1 Å². The number of esters is 2. The third-order valence-electron chi connectivity index (χ3n) is 3.48. The van der Waals surface area contributed by atoms with Crippen molar-refractivity contribution in [3.63, 3.8) is 0 Å². The van der Waals surface area contributed by atoms with Crippen LogP contribution in [0.5, 0.6) is 0 Å². The van der Waals surface area contributed by atoms with Crippen LogP contribution in [-0.4, -0.2) is 52.1 Å². The Balaban J connectivity index is 2.35. The summed E-state index contributed by atoms with van der Waals surface area (Å²) in [6, 6.07) is 1.13. The molecule has 10 nitrogen and oxygen atoms in total. The Bertz CT molecular complexity index is 811. The molecular formula is C15H17F2N3O7. The van der Waals surface area contributed by atoms with Crippen molar-refractivity contribution in [1.29, 1.82) is 0 Å². The quantitative estimate of drug-likeness (QED) is 0.710. The van der Waals surface area contributed by atoms with Crippen molar-refractivity contribution in [3.8, 4) is 0 Å². The maximum atomic E-state index is 14.8. The average Bonchev–Trinajstić information content (AvgIpc) is 2.76. The SMILES string of the molecule is CC(=O)Nc1ccn([C@@H]2O[C@H](COC(C)=O)[C@H](OC(C)=O)C2(F)F)c(=O)n1. The number of aromatic nitrogens is 2. The maximum Gasteiger partial charge on any atom is 0.351 e. The largest absolute Gasteiger partial charge is 0.463 e. The lowest BCUT2D eigenvalue weighted by Crippen LogP contribution is -2.44. The highest BCUT2D eigenvalue weighted by Crippen LogP contribution is 2.44. The number of anilines is 1. The van der Waals surface area contributed by atoms with Gasteiger partial charge in [-0.3, -0.25) is 19.0 Å². The van der Waals surface area contributed by atoms with Crippen molar-refractivity contribution in [2.45, 2.75) is 45.1 Å². The first-order valence-corrected chi connectivity index (χ1v) is 7.73. The minimum atomic E-state index is -3.82. The highest BCUT2D eigenvalue weighted by atomic mass is 19.3. The molecule has 12 heteroatoms. The monoisotopic (exact) mass is 389 g/mol. The highest BCUT2D eigenvalue weighted by Gasteiger charge is 2.62. The number of carbonyl (C=O) groups excluding carboxylic acids is 3. The fourth-order valence-corrected chi connectivity index (χ4v) is 2.47. The molecule has 27 heavy (non-hydrogen) atoms. The van der Waals surface area contributed by atoms with E-state index in [2.05, 4.69) is 19.8 Å². The number of halogens is 2. The van der Waals surface area contributed by atoms with Crippen LogP contribution in [0.3, 0.4) is 0 Å². The molecular weight excluding hydrogens is 372 g/mol. The zero-order valence-corrected chi connectivity index (χ0v) is 14.6. The summed E-state index contributed by atoms with van der Waals surface area (Å²) in [6.45, 7) is 2.58. The lowest BCUT2D eigenvalue weighted by atomic mass is 10.1. The number of ether oxygens (including phenoxy) is 3. The molecule has 1 fully saturated rings. The first-order chi connectivity index (χ1) is 12.5. The molecule has 1 aromatic heterocycles. The van der Waals surface area contributed by atoms with E-state index >= 15 is 0 Å². The van der Waals surface area contributed by atoms with E-state index in [4.69, 9.17) is 4.74 Å². The van der Waals surface area contributed by atoms with Crippen molar-refractivity contribution in [2.75, 3.05) is 11.9 Å². The Kier molecular flexibility index (Phi) is 5.88. The molecule has 1 N–H and O–H groups in total. The second-order valence-corrected chi connectivity index (χ2v) is 5.72. The summed E-state index contributed by atoms with van der Waals surface area (Å²) in [5, 5.41) is 2.24. The van der Waals surface area contributed by atoms with E-state index in [1.165, 1.54) is 6.92 Å². The van der Waals surface area contributed by atoms with Crippen molar-refractivity contribution in [1.82, 2.24) is 9.55 Å². The van der Waals surface area contributed by atoms with Crippen molar-refractivity contribution < 1.29 is 37.4 Å². The number of nitrogens with zero attached hydrogens (tertiary/aromatic N) is 2. The topological polar surface area (TPSA) is 126 Å². The molecule has 0 saturated carbocycles. The van der Waals surface area contributed by atoms with Gasteiger partial charge in [0.05, 0.1) is 0 Å². The Morgan fingerprint density at radius 2 is 1.96 bits per heavy atom. The Morgan fingerprint density at radius 3 is 2.48 bits per heavy atom. The number of amides is 1. The van der Waals surface area contributed by atoms with E-state index in [9.17, 15) is 28.0 Å². The van der Waals surface area contributed by atoms with Crippen LogP contribution >= 0.6 is 0 Å². The van der Waals surface area contributed by atoms with Crippen LogP contribution in [0.25, 0.3) is 0 Å². The molecule has 148 valence electrons. The van der Waals surface area contributed by atoms with E-state index in [1.807, 2.05) is 0 Å². The Morgan fingerprint density at radius 1 is 1.30 bits per heavy atom. The molecule has 2 rings (SSSR count). The van der Waals surface area contributed by atoms with Crippen LogP contribution < -0.4 is 11.0 Å². The van der Waals surface area contributed by atoms with Gasteiger partial charge in [0, 0.05) is 27.0 Å². The van der Waals surface area contributed by atoms with Crippen LogP contribution in [0.2, 0.25) is 0 Å². The van der Waals surface area contributed by atoms with E-state index in [-0.39, 0.29) is 5.82 Å². The number of nitrogens with one attached hydrogen (secondary N) is 1. The molecule has 0 radical (unpaired) electrons. The minimum Gasteiger partial charge on any atom is -0.463 e. The summed E-state index contributed by atoms with van der Waals surface area (Å²) in [5.41, 5.74) is -1.12. The average molecular weight is 389 g/mol. The van der Waals surface area contributed by atoms with Crippen molar-refractivity contribution in [3.05, 3.63) is 22.7 Å². The van der Waals surface area contributed by atoms with Gasteiger partial charge in [-0.1, -0.05) is 0 Å². The van der Waals surface area contributed by atoms with Gasteiger partial charge in [0.25, 0.3) is 0 Å². The number of rotatable bonds is 5. The second-order valence-electron chi connectivity index (χ2n) is 5.72. The first-order valence-electron chi connectivity index (χ1n) is 7.73. The third-order valence-corrected chi connectivity index (χ3v) is 3.48. The number of carbonyl (C=O) groups is 3. The molecule has 1 aliphatic rings. The Labute approximate surface area is 151 Å². The van der Waals surface area contributed by atoms with Crippen LogP contribution in [0.4, 0.5) is 14.6 Å². The molecule has 0 aromatic carbocycles. The van der Waals surface area contributed by atoms with Gasteiger partial charge in [0.1, 0.15) is 18.5 Å². The summed E-state index contributed by atoms with van der Waals surface area (Å²) < 4.78 is 44.5. The predicted molar refractivity (Wildman–Crippen MR) is 83.8 cm³/mol. The van der Waals surface area contributed by atoms with Gasteiger partial charge < -0.3 is 19.5 Å². The number of hydrogen-bond acceptors (Lipinski definition) is 8. The van der Waals surface area contributed by atoms with E-state index < -0.39 is 54.5 Å². The maximum absolute atomic E-state index is 14.8. The minimum absolute atomic E-state index is 0.127. The lowest BCUT2D eigenvalue weighted by molar-refractivity contribution is -0.174. The molecule has 1 amide bonds. The molecule has 0 unspecified atom stereocenters. The van der Waals surface area contributed by atoms with Gasteiger partial charge in [-0.15, -0.1) is 0 Å². The van der Waals surface area contributed by atoms with Gasteiger partial charge in [-0.25, -0.2) is 4.79 Å². The first kappa shape index (κ1) is 20.4.